The Balaban J connectivity index is 2.43. The first-order chi connectivity index (χ1) is 10.4. The lowest BCUT2D eigenvalue weighted by molar-refractivity contribution is 0.0549. The molecule has 0 bridgehead atoms. The van der Waals surface area contributed by atoms with Crippen LogP contribution in [0.1, 0.15) is 44.0 Å². The van der Waals surface area contributed by atoms with Crippen LogP contribution in [-0.2, 0) is 4.74 Å². The molecule has 0 aromatic heterocycles. The molecule has 1 aromatic carbocycles. The number of esters is 1. The molecule has 0 fully saturated rings. The Kier molecular flexibility index (Phi) is 7.44. The number of anilines is 1. The number of hydrogen-bond donors (Lipinski definition) is 0. The first kappa shape index (κ1) is 18.0. The maximum Gasteiger partial charge on any atom is 0.338 e. The van der Waals surface area contributed by atoms with Crippen LogP contribution in [0.15, 0.2) is 47.6 Å². The van der Waals surface area contributed by atoms with E-state index in [9.17, 15) is 4.79 Å². The van der Waals surface area contributed by atoms with Gasteiger partial charge in [0.05, 0.1) is 5.56 Å². The summed E-state index contributed by atoms with van der Waals surface area (Å²) in [4.78, 5) is 13.9. The highest BCUT2D eigenvalue weighted by Gasteiger charge is 2.06. The minimum atomic E-state index is -0.279. The van der Waals surface area contributed by atoms with Crippen LogP contribution in [0.3, 0.4) is 0 Å². The van der Waals surface area contributed by atoms with E-state index in [2.05, 4.69) is 26.8 Å². The van der Waals surface area contributed by atoms with Gasteiger partial charge in [0.25, 0.3) is 0 Å². The van der Waals surface area contributed by atoms with E-state index in [1.165, 1.54) is 11.1 Å². The van der Waals surface area contributed by atoms with Crippen molar-refractivity contribution in [2.45, 2.75) is 33.6 Å². The fraction of sp³-hybridized carbons (Fsp3) is 0.421. The highest BCUT2D eigenvalue weighted by atomic mass is 16.5. The van der Waals surface area contributed by atoms with E-state index in [0.29, 0.717) is 12.2 Å². The summed E-state index contributed by atoms with van der Waals surface area (Å²) in [6.07, 6.45) is 6.23. The van der Waals surface area contributed by atoms with Gasteiger partial charge >= 0.3 is 5.97 Å². The van der Waals surface area contributed by atoms with Gasteiger partial charge < -0.3 is 9.64 Å². The zero-order valence-electron chi connectivity index (χ0n) is 14.3. The number of rotatable bonds is 7. The maximum absolute atomic E-state index is 11.9. The number of hydrogen-bond acceptors (Lipinski definition) is 3. The number of nitrogens with zero attached hydrogens (tertiary/aromatic N) is 1. The average Bonchev–Trinajstić information content (AvgIpc) is 2.46. The molecule has 22 heavy (non-hydrogen) atoms. The largest absolute Gasteiger partial charge is 0.458 e. The van der Waals surface area contributed by atoms with Gasteiger partial charge in [-0.15, -0.1) is 0 Å². The second-order valence-electron chi connectivity index (χ2n) is 5.91. The van der Waals surface area contributed by atoms with Crippen molar-refractivity contribution in [2.75, 3.05) is 25.6 Å². The summed E-state index contributed by atoms with van der Waals surface area (Å²) in [7, 11) is 3.94. The summed E-state index contributed by atoms with van der Waals surface area (Å²) >= 11 is 0. The normalized spacial score (nSPS) is 11.0. The summed E-state index contributed by atoms with van der Waals surface area (Å²) in [6, 6.07) is 7.42. The molecule has 3 nitrogen and oxygen atoms in total. The van der Waals surface area contributed by atoms with E-state index < -0.39 is 0 Å². The fourth-order valence-corrected chi connectivity index (χ4v) is 1.93. The molecule has 0 spiro atoms. The number of carbonyl (C=O) groups excluding carboxylic acids is 1. The third-order valence-electron chi connectivity index (χ3n) is 3.36. The Labute approximate surface area is 134 Å². The van der Waals surface area contributed by atoms with Crippen molar-refractivity contribution in [3.8, 4) is 0 Å². The van der Waals surface area contributed by atoms with Gasteiger partial charge in [-0.05, 0) is 64.0 Å². The molecule has 0 saturated carbocycles. The van der Waals surface area contributed by atoms with Crippen molar-refractivity contribution >= 4 is 11.7 Å². The second-order valence-corrected chi connectivity index (χ2v) is 5.91. The summed E-state index contributed by atoms with van der Waals surface area (Å²) in [5.74, 6) is -0.279. The molecular weight excluding hydrogens is 274 g/mol. The first-order valence-electron chi connectivity index (χ1n) is 7.63. The van der Waals surface area contributed by atoms with Crippen LogP contribution in [0.25, 0.3) is 0 Å². The highest BCUT2D eigenvalue weighted by Crippen LogP contribution is 2.13. The fourth-order valence-electron chi connectivity index (χ4n) is 1.93. The molecule has 0 aliphatic rings. The Morgan fingerprint density at radius 1 is 1.09 bits per heavy atom. The monoisotopic (exact) mass is 301 g/mol. The van der Waals surface area contributed by atoms with E-state index in [1.54, 1.807) is 12.1 Å². The van der Waals surface area contributed by atoms with Crippen molar-refractivity contribution < 1.29 is 9.53 Å². The van der Waals surface area contributed by atoms with Crippen LogP contribution < -0.4 is 4.90 Å². The predicted molar refractivity (Wildman–Crippen MR) is 93.5 cm³/mol. The summed E-state index contributed by atoms with van der Waals surface area (Å²) < 4.78 is 5.28. The van der Waals surface area contributed by atoms with Gasteiger partial charge in [0.2, 0.25) is 0 Å². The number of benzene rings is 1. The summed E-state index contributed by atoms with van der Waals surface area (Å²) in [6.45, 7) is 6.60. The van der Waals surface area contributed by atoms with Gasteiger partial charge in [-0.3, -0.25) is 0 Å². The quantitative estimate of drug-likeness (QED) is 0.544. The highest BCUT2D eigenvalue weighted by molar-refractivity contribution is 5.89. The van der Waals surface area contributed by atoms with Crippen LogP contribution in [0.5, 0.6) is 0 Å². The molecular formula is C19H27NO2. The Hall–Kier alpha value is -2.03. The topological polar surface area (TPSA) is 29.5 Å². The zero-order chi connectivity index (χ0) is 16.5. The van der Waals surface area contributed by atoms with Gasteiger partial charge in [-0.1, -0.05) is 17.2 Å². The van der Waals surface area contributed by atoms with Crippen LogP contribution in [-0.4, -0.2) is 26.7 Å². The Bertz CT molecular complexity index is 535. The molecule has 0 unspecified atom stereocenters. The van der Waals surface area contributed by atoms with Gasteiger partial charge in [0.15, 0.2) is 0 Å². The lowest BCUT2D eigenvalue weighted by Crippen LogP contribution is -2.09. The van der Waals surface area contributed by atoms with Gasteiger partial charge in [0.1, 0.15) is 6.61 Å². The number of allylic oxidation sites excluding steroid dienone is 3. The van der Waals surface area contributed by atoms with Crippen molar-refractivity contribution in [3.05, 3.63) is 53.1 Å². The van der Waals surface area contributed by atoms with Crippen molar-refractivity contribution in [1.29, 1.82) is 0 Å². The van der Waals surface area contributed by atoms with E-state index in [1.807, 2.05) is 37.2 Å². The molecule has 3 heteroatoms. The molecule has 1 rings (SSSR count). The molecule has 0 heterocycles. The number of ether oxygens (including phenoxy) is 1. The predicted octanol–water partition coefficient (Wildman–Crippen LogP) is 4.60. The second kappa shape index (κ2) is 9.08. The van der Waals surface area contributed by atoms with Crippen molar-refractivity contribution in [2.24, 2.45) is 0 Å². The lowest BCUT2D eigenvalue weighted by Gasteiger charge is -2.12. The van der Waals surface area contributed by atoms with Gasteiger partial charge in [0, 0.05) is 19.8 Å². The minimum Gasteiger partial charge on any atom is -0.458 e. The SMILES string of the molecule is CC(C)=CCC/C(C)=C\COC(=O)c1ccc(N(C)C)cc1. The van der Waals surface area contributed by atoms with Gasteiger partial charge in [-0.25, -0.2) is 4.79 Å². The third-order valence-corrected chi connectivity index (χ3v) is 3.36. The summed E-state index contributed by atoms with van der Waals surface area (Å²) in [5, 5.41) is 0. The third kappa shape index (κ3) is 6.61. The molecule has 1 aromatic rings. The van der Waals surface area contributed by atoms with Crippen LogP contribution in [0.4, 0.5) is 5.69 Å². The summed E-state index contributed by atoms with van der Waals surface area (Å²) in [5.41, 5.74) is 4.22. The first-order valence-corrected chi connectivity index (χ1v) is 7.63. The molecule has 0 atom stereocenters. The Morgan fingerprint density at radius 2 is 1.73 bits per heavy atom. The smallest absolute Gasteiger partial charge is 0.338 e. The zero-order valence-corrected chi connectivity index (χ0v) is 14.3. The average molecular weight is 301 g/mol. The standard InChI is InChI=1S/C19H27NO2/c1-15(2)7-6-8-16(3)13-14-22-19(21)17-9-11-18(12-10-17)20(4)5/h7,9-13H,6,8,14H2,1-5H3/b16-13-. The van der Waals surface area contributed by atoms with E-state index in [4.69, 9.17) is 4.74 Å². The lowest BCUT2D eigenvalue weighted by atomic mass is 10.1. The molecule has 120 valence electrons. The molecule has 0 saturated heterocycles. The van der Waals surface area contributed by atoms with Crippen LogP contribution >= 0.6 is 0 Å². The molecule has 0 aliphatic carbocycles. The molecule has 0 N–H and O–H groups in total. The van der Waals surface area contributed by atoms with Crippen molar-refractivity contribution in [3.63, 3.8) is 0 Å². The van der Waals surface area contributed by atoms with E-state index in [-0.39, 0.29) is 5.97 Å². The molecule has 0 amide bonds. The minimum absolute atomic E-state index is 0.279. The Morgan fingerprint density at radius 3 is 2.27 bits per heavy atom. The van der Waals surface area contributed by atoms with Crippen molar-refractivity contribution in [1.82, 2.24) is 0 Å². The van der Waals surface area contributed by atoms with Crippen LogP contribution in [0.2, 0.25) is 0 Å². The van der Waals surface area contributed by atoms with E-state index in [0.717, 1.165) is 18.5 Å². The van der Waals surface area contributed by atoms with E-state index >= 15 is 0 Å². The maximum atomic E-state index is 11.9. The molecule has 0 aliphatic heterocycles. The van der Waals surface area contributed by atoms with Gasteiger partial charge in [-0.2, -0.15) is 0 Å². The molecule has 0 radical (unpaired) electrons. The van der Waals surface area contributed by atoms with Crippen LogP contribution in [0, 0.1) is 0 Å². The number of carbonyl (C=O) groups is 1.